The van der Waals surface area contributed by atoms with Gasteiger partial charge in [0.1, 0.15) is 0 Å². The largest absolute Gasteiger partial charge is 0.339 e. The minimum Gasteiger partial charge on any atom is -0.339 e. The lowest BCUT2D eigenvalue weighted by molar-refractivity contribution is 0.0655. The summed E-state index contributed by atoms with van der Waals surface area (Å²) in [6.07, 6.45) is 2.53. The van der Waals surface area contributed by atoms with Crippen molar-refractivity contribution in [3.8, 4) is 0 Å². The van der Waals surface area contributed by atoms with Crippen molar-refractivity contribution in [2.24, 2.45) is 0 Å². The molecule has 0 unspecified atom stereocenters. The summed E-state index contributed by atoms with van der Waals surface area (Å²) in [6, 6.07) is 6.88. The first-order valence-corrected chi connectivity index (χ1v) is 8.22. The average molecular weight is 326 g/mol. The fraction of sp³-hybridized carbons (Fsp3) is 0.412. The van der Waals surface area contributed by atoms with E-state index >= 15 is 0 Å². The van der Waals surface area contributed by atoms with Gasteiger partial charge in [-0.25, -0.2) is 0 Å². The van der Waals surface area contributed by atoms with Gasteiger partial charge < -0.3 is 9.84 Å². The molecule has 2 amide bonds. The Morgan fingerprint density at radius 1 is 1.21 bits per heavy atom. The summed E-state index contributed by atoms with van der Waals surface area (Å²) in [5, 5.41) is 7.30. The van der Waals surface area contributed by atoms with E-state index in [-0.39, 0.29) is 24.3 Å². The summed E-state index contributed by atoms with van der Waals surface area (Å²) in [6.45, 7) is 2.13. The van der Waals surface area contributed by atoms with E-state index in [9.17, 15) is 9.59 Å². The van der Waals surface area contributed by atoms with E-state index in [1.54, 1.807) is 24.3 Å². The standard InChI is InChI=1S/C17H18N4O3/c22-16-12-5-1-2-6-13(12)17(23)21(16)9-7-14-19-15(24-20-14)11-4-3-8-18-10-11/h1-2,5-6,11,18H,3-4,7-10H2/t11-/m0/s1. The van der Waals surface area contributed by atoms with Gasteiger partial charge in [-0.15, -0.1) is 0 Å². The van der Waals surface area contributed by atoms with Crippen molar-refractivity contribution >= 4 is 11.8 Å². The lowest BCUT2D eigenvalue weighted by atomic mass is 10.00. The predicted octanol–water partition coefficient (Wildman–Crippen LogP) is 1.38. The fourth-order valence-corrected chi connectivity index (χ4v) is 3.25. The Labute approximate surface area is 139 Å². The van der Waals surface area contributed by atoms with E-state index in [1.165, 1.54) is 4.90 Å². The molecule has 7 nitrogen and oxygen atoms in total. The molecule has 3 heterocycles. The summed E-state index contributed by atoms with van der Waals surface area (Å²) < 4.78 is 5.35. The van der Waals surface area contributed by atoms with E-state index in [1.807, 2.05) is 0 Å². The zero-order chi connectivity index (χ0) is 16.5. The molecule has 0 aliphatic carbocycles. The van der Waals surface area contributed by atoms with Crippen LogP contribution >= 0.6 is 0 Å². The Morgan fingerprint density at radius 3 is 2.62 bits per heavy atom. The molecule has 0 spiro atoms. The molecule has 1 aromatic carbocycles. The first-order valence-electron chi connectivity index (χ1n) is 8.22. The van der Waals surface area contributed by atoms with E-state index in [4.69, 9.17) is 4.52 Å². The van der Waals surface area contributed by atoms with Crippen LogP contribution in [0.1, 0.15) is 51.2 Å². The van der Waals surface area contributed by atoms with Crippen LogP contribution in [0.5, 0.6) is 0 Å². The first-order chi connectivity index (χ1) is 11.7. The zero-order valence-electron chi connectivity index (χ0n) is 13.2. The number of rotatable bonds is 4. The van der Waals surface area contributed by atoms with Gasteiger partial charge in [-0.2, -0.15) is 4.98 Å². The van der Waals surface area contributed by atoms with Crippen LogP contribution in [-0.4, -0.2) is 46.5 Å². The fourth-order valence-electron chi connectivity index (χ4n) is 3.25. The number of hydrogen-bond acceptors (Lipinski definition) is 6. The second kappa shape index (κ2) is 6.16. The molecule has 0 bridgehead atoms. The number of nitrogens with one attached hydrogen (secondary N) is 1. The van der Waals surface area contributed by atoms with Crippen molar-refractivity contribution in [3.05, 3.63) is 47.1 Å². The van der Waals surface area contributed by atoms with Crippen molar-refractivity contribution in [1.82, 2.24) is 20.4 Å². The average Bonchev–Trinajstić information content (AvgIpc) is 3.19. The normalized spacial score (nSPS) is 20.5. The maximum Gasteiger partial charge on any atom is 0.261 e. The molecule has 4 rings (SSSR count). The Balaban J connectivity index is 1.42. The van der Waals surface area contributed by atoms with Crippen molar-refractivity contribution in [2.45, 2.75) is 25.2 Å². The van der Waals surface area contributed by atoms with Crippen LogP contribution in [-0.2, 0) is 6.42 Å². The molecule has 2 aliphatic heterocycles. The Morgan fingerprint density at radius 2 is 1.96 bits per heavy atom. The monoisotopic (exact) mass is 326 g/mol. The quantitative estimate of drug-likeness (QED) is 0.854. The molecule has 2 aliphatic rings. The van der Waals surface area contributed by atoms with Crippen LogP contribution in [0.4, 0.5) is 0 Å². The van der Waals surface area contributed by atoms with Gasteiger partial charge >= 0.3 is 0 Å². The SMILES string of the molecule is O=C1c2ccccc2C(=O)N1CCc1noc([C@H]2CCCNC2)n1. The number of fused-ring (bicyclic) bond motifs is 1. The molecule has 0 radical (unpaired) electrons. The molecule has 1 saturated heterocycles. The third kappa shape index (κ3) is 2.60. The molecule has 24 heavy (non-hydrogen) atoms. The van der Waals surface area contributed by atoms with Crippen molar-refractivity contribution in [1.29, 1.82) is 0 Å². The van der Waals surface area contributed by atoms with E-state index in [2.05, 4.69) is 15.5 Å². The number of benzene rings is 1. The van der Waals surface area contributed by atoms with Crippen LogP contribution < -0.4 is 5.32 Å². The highest BCUT2D eigenvalue weighted by molar-refractivity contribution is 6.21. The molecule has 1 atom stereocenters. The van der Waals surface area contributed by atoms with Gasteiger partial charge in [0.05, 0.1) is 17.0 Å². The number of piperidine rings is 1. The second-order valence-electron chi connectivity index (χ2n) is 6.15. The van der Waals surface area contributed by atoms with Crippen molar-refractivity contribution < 1.29 is 14.1 Å². The number of nitrogens with zero attached hydrogens (tertiary/aromatic N) is 3. The number of imide groups is 1. The molecule has 1 fully saturated rings. The molecule has 7 heteroatoms. The van der Waals surface area contributed by atoms with Gasteiger partial charge in [0.15, 0.2) is 5.82 Å². The van der Waals surface area contributed by atoms with Gasteiger partial charge in [-0.05, 0) is 31.5 Å². The van der Waals surface area contributed by atoms with E-state index in [0.29, 0.717) is 29.3 Å². The Bertz CT molecular complexity index is 745. The predicted molar refractivity (Wildman–Crippen MR) is 84.7 cm³/mol. The minimum absolute atomic E-state index is 0.249. The zero-order valence-corrected chi connectivity index (χ0v) is 13.2. The van der Waals surface area contributed by atoms with Crippen LogP contribution in [0.25, 0.3) is 0 Å². The van der Waals surface area contributed by atoms with Gasteiger partial charge in [0.25, 0.3) is 11.8 Å². The number of aromatic nitrogens is 2. The van der Waals surface area contributed by atoms with Crippen molar-refractivity contribution in [2.75, 3.05) is 19.6 Å². The summed E-state index contributed by atoms with van der Waals surface area (Å²) in [5.74, 6) is 0.914. The Hall–Kier alpha value is -2.54. The lowest BCUT2D eigenvalue weighted by Gasteiger charge is -2.18. The third-order valence-electron chi connectivity index (χ3n) is 4.57. The molecule has 2 aromatic rings. The number of amides is 2. The Kier molecular flexibility index (Phi) is 3.86. The maximum absolute atomic E-state index is 12.3. The minimum atomic E-state index is -0.254. The third-order valence-corrected chi connectivity index (χ3v) is 4.57. The van der Waals surface area contributed by atoms with E-state index in [0.717, 1.165) is 25.9 Å². The molecular weight excluding hydrogens is 308 g/mol. The lowest BCUT2D eigenvalue weighted by Crippen LogP contribution is -2.32. The van der Waals surface area contributed by atoms with Crippen LogP contribution in [0.15, 0.2) is 28.8 Å². The smallest absolute Gasteiger partial charge is 0.261 e. The van der Waals surface area contributed by atoms with Crippen LogP contribution in [0.2, 0.25) is 0 Å². The summed E-state index contributed by atoms with van der Waals surface area (Å²) in [7, 11) is 0. The molecular formula is C17H18N4O3. The number of hydrogen-bond donors (Lipinski definition) is 1. The number of carbonyl (C=O) groups is 2. The molecule has 1 aromatic heterocycles. The summed E-state index contributed by atoms with van der Waals surface area (Å²) in [5.41, 5.74) is 0.925. The number of carbonyl (C=O) groups excluding carboxylic acids is 2. The van der Waals surface area contributed by atoms with Crippen LogP contribution in [0, 0.1) is 0 Å². The molecule has 124 valence electrons. The van der Waals surface area contributed by atoms with Gasteiger partial charge in [0, 0.05) is 19.5 Å². The van der Waals surface area contributed by atoms with Crippen molar-refractivity contribution in [3.63, 3.8) is 0 Å². The highest BCUT2D eigenvalue weighted by atomic mass is 16.5. The molecule has 1 N–H and O–H groups in total. The maximum atomic E-state index is 12.3. The van der Waals surface area contributed by atoms with Crippen LogP contribution in [0.3, 0.4) is 0 Å². The topological polar surface area (TPSA) is 88.3 Å². The summed E-state index contributed by atoms with van der Waals surface area (Å²) in [4.78, 5) is 30.3. The van der Waals surface area contributed by atoms with Gasteiger partial charge in [-0.1, -0.05) is 17.3 Å². The second-order valence-corrected chi connectivity index (χ2v) is 6.15. The summed E-state index contributed by atoms with van der Waals surface area (Å²) >= 11 is 0. The van der Waals surface area contributed by atoms with E-state index < -0.39 is 0 Å². The van der Waals surface area contributed by atoms with Gasteiger partial charge in [-0.3, -0.25) is 14.5 Å². The highest BCUT2D eigenvalue weighted by Crippen LogP contribution is 2.23. The highest BCUT2D eigenvalue weighted by Gasteiger charge is 2.35. The molecule has 0 saturated carbocycles. The van der Waals surface area contributed by atoms with Gasteiger partial charge in [0.2, 0.25) is 5.89 Å². The first kappa shape index (κ1) is 15.0.